The second-order valence-corrected chi connectivity index (χ2v) is 9.30. The highest BCUT2D eigenvalue weighted by Gasteiger charge is 2.30. The largest absolute Gasteiger partial charge is 0.415 e. The third-order valence-corrected chi connectivity index (χ3v) is 6.71. The Balaban J connectivity index is 1.54. The highest BCUT2D eigenvalue weighted by atomic mass is 32.2. The molecular weight excluding hydrogens is 440 g/mol. The van der Waals surface area contributed by atoms with Gasteiger partial charge < -0.3 is 9.32 Å². The Morgan fingerprint density at radius 1 is 1.25 bits per heavy atom. The molecule has 0 bridgehead atoms. The van der Waals surface area contributed by atoms with Gasteiger partial charge in [0.1, 0.15) is 0 Å². The molecule has 1 fully saturated rings. The molecule has 4 rings (SSSR count). The number of benzene rings is 1. The average Bonchev–Trinajstić information content (AvgIpc) is 3.31. The number of aromatic nitrogens is 3. The van der Waals surface area contributed by atoms with Crippen LogP contribution in [0.3, 0.4) is 0 Å². The number of nitrogens with zero attached hydrogens (tertiary/aromatic N) is 5. The molecule has 2 amide bonds. The molecule has 1 saturated heterocycles. The van der Waals surface area contributed by atoms with Crippen LogP contribution in [0.1, 0.15) is 24.9 Å². The minimum atomic E-state index is -2.84. The summed E-state index contributed by atoms with van der Waals surface area (Å²) in [6.45, 7) is 2.92. The van der Waals surface area contributed by atoms with Crippen LogP contribution in [0, 0.1) is 0 Å². The molecule has 3 heterocycles. The fourth-order valence-corrected chi connectivity index (χ4v) is 4.50. The van der Waals surface area contributed by atoms with Crippen molar-refractivity contribution in [2.24, 2.45) is 0 Å². The first-order valence-electron chi connectivity index (χ1n) is 9.98. The Kier molecular flexibility index (Phi) is 6.54. The standard InChI is InChI=1S/C21H21F2N5O3S/c1-14-12-27(9-10-32(14)30)21(29)28(17-5-3-2-4-6-17)13-16-8-7-15(11-24-16)19-25-26-20(31-19)18(22)23/h2-8,11,14,18H,9-10,12-13H2,1H3. The smallest absolute Gasteiger partial charge is 0.324 e. The number of carbonyl (C=O) groups is 1. The number of pyridine rings is 1. The number of hydrogen-bond acceptors (Lipinski definition) is 6. The lowest BCUT2D eigenvalue weighted by molar-refractivity contribution is 0.116. The molecule has 1 aromatic carbocycles. The summed E-state index contributed by atoms with van der Waals surface area (Å²) in [5.41, 5.74) is 1.70. The van der Waals surface area contributed by atoms with Crippen molar-refractivity contribution in [3.05, 3.63) is 60.2 Å². The molecule has 2 aromatic heterocycles. The number of alkyl halides is 2. The molecule has 1 aliphatic rings. The lowest BCUT2D eigenvalue weighted by Crippen LogP contribution is -2.51. The van der Waals surface area contributed by atoms with E-state index in [1.165, 1.54) is 6.20 Å². The predicted molar refractivity (Wildman–Crippen MR) is 115 cm³/mol. The molecule has 0 aliphatic carbocycles. The minimum Gasteiger partial charge on any atom is -0.415 e. The van der Waals surface area contributed by atoms with Gasteiger partial charge in [-0.25, -0.2) is 4.79 Å². The summed E-state index contributed by atoms with van der Waals surface area (Å²) in [6, 6.07) is 12.3. The third-order valence-electron chi connectivity index (χ3n) is 5.08. The van der Waals surface area contributed by atoms with Gasteiger partial charge in [0, 0.05) is 46.8 Å². The second-order valence-electron chi connectivity index (χ2n) is 7.33. The Labute approximate surface area is 185 Å². The Hall–Kier alpha value is -3.21. The van der Waals surface area contributed by atoms with Crippen LogP contribution in [0.25, 0.3) is 11.5 Å². The van der Waals surface area contributed by atoms with Crippen molar-refractivity contribution in [2.75, 3.05) is 23.7 Å². The molecule has 11 heteroatoms. The summed E-state index contributed by atoms with van der Waals surface area (Å²) in [4.78, 5) is 21.0. The van der Waals surface area contributed by atoms with Crippen LogP contribution < -0.4 is 4.90 Å². The van der Waals surface area contributed by atoms with Crippen LogP contribution in [-0.4, -0.2) is 54.4 Å². The van der Waals surface area contributed by atoms with E-state index in [9.17, 15) is 17.8 Å². The maximum atomic E-state index is 13.3. The number of hydrogen-bond donors (Lipinski definition) is 0. The molecule has 2 atom stereocenters. The molecule has 32 heavy (non-hydrogen) atoms. The fourth-order valence-electron chi connectivity index (χ4n) is 3.35. The van der Waals surface area contributed by atoms with Gasteiger partial charge in [0.15, 0.2) is 0 Å². The lowest BCUT2D eigenvalue weighted by Gasteiger charge is -2.35. The number of rotatable bonds is 5. The average molecular weight is 461 g/mol. The van der Waals surface area contributed by atoms with E-state index in [1.807, 2.05) is 37.3 Å². The van der Waals surface area contributed by atoms with E-state index in [-0.39, 0.29) is 23.7 Å². The Morgan fingerprint density at radius 3 is 2.66 bits per heavy atom. The van der Waals surface area contributed by atoms with Gasteiger partial charge in [0.05, 0.1) is 17.8 Å². The highest BCUT2D eigenvalue weighted by Crippen LogP contribution is 2.24. The van der Waals surface area contributed by atoms with Crippen molar-refractivity contribution in [2.45, 2.75) is 25.1 Å². The third kappa shape index (κ3) is 4.82. The zero-order chi connectivity index (χ0) is 22.7. The van der Waals surface area contributed by atoms with E-state index in [0.29, 0.717) is 35.8 Å². The van der Waals surface area contributed by atoms with Crippen LogP contribution in [-0.2, 0) is 17.3 Å². The van der Waals surface area contributed by atoms with Gasteiger partial charge in [-0.1, -0.05) is 18.2 Å². The first kappa shape index (κ1) is 22.0. The van der Waals surface area contributed by atoms with E-state index < -0.39 is 23.1 Å². The number of para-hydroxylation sites is 1. The fraction of sp³-hybridized carbons (Fsp3) is 0.333. The van der Waals surface area contributed by atoms with E-state index >= 15 is 0 Å². The van der Waals surface area contributed by atoms with E-state index in [4.69, 9.17) is 4.42 Å². The van der Waals surface area contributed by atoms with E-state index in [1.54, 1.807) is 21.9 Å². The number of amides is 2. The zero-order valence-electron chi connectivity index (χ0n) is 17.2. The molecule has 3 aromatic rings. The van der Waals surface area contributed by atoms with Crippen molar-refractivity contribution >= 4 is 22.5 Å². The summed E-state index contributed by atoms with van der Waals surface area (Å²) in [6.07, 6.45) is -1.40. The Bertz CT molecular complexity index is 1090. The SMILES string of the molecule is CC1CN(C(=O)N(Cc2ccc(-c3nnc(C(F)F)o3)cn2)c2ccccc2)CCS1=O. The van der Waals surface area contributed by atoms with Gasteiger partial charge >= 0.3 is 12.5 Å². The summed E-state index contributed by atoms with van der Waals surface area (Å²) in [5.74, 6) is -0.347. The topological polar surface area (TPSA) is 92.4 Å². The van der Waals surface area contributed by atoms with Gasteiger partial charge in [0.25, 0.3) is 5.89 Å². The van der Waals surface area contributed by atoms with Crippen LogP contribution in [0.5, 0.6) is 0 Å². The second kappa shape index (κ2) is 9.51. The van der Waals surface area contributed by atoms with Gasteiger partial charge in [-0.3, -0.25) is 14.1 Å². The molecule has 0 spiro atoms. The van der Waals surface area contributed by atoms with Crippen LogP contribution in [0.2, 0.25) is 0 Å². The molecule has 0 N–H and O–H groups in total. The van der Waals surface area contributed by atoms with Crippen LogP contribution in [0.4, 0.5) is 19.3 Å². The number of anilines is 1. The van der Waals surface area contributed by atoms with Crippen LogP contribution in [0.15, 0.2) is 53.1 Å². The lowest BCUT2D eigenvalue weighted by atomic mass is 10.2. The first-order chi connectivity index (χ1) is 15.4. The monoisotopic (exact) mass is 461 g/mol. The summed E-state index contributed by atoms with van der Waals surface area (Å²) in [7, 11) is -0.932. The molecule has 168 valence electrons. The van der Waals surface area contributed by atoms with Gasteiger partial charge in [0.2, 0.25) is 5.89 Å². The maximum Gasteiger partial charge on any atom is 0.324 e. The number of urea groups is 1. The van der Waals surface area contributed by atoms with Crippen molar-refractivity contribution in [1.82, 2.24) is 20.1 Å². The molecule has 0 saturated carbocycles. The molecule has 0 radical (unpaired) electrons. The van der Waals surface area contributed by atoms with Crippen molar-refractivity contribution < 1.29 is 22.2 Å². The van der Waals surface area contributed by atoms with Gasteiger partial charge in [-0.2, -0.15) is 8.78 Å². The van der Waals surface area contributed by atoms with Gasteiger partial charge in [-0.05, 0) is 31.2 Å². The predicted octanol–water partition coefficient (Wildman–Crippen LogP) is 3.65. The van der Waals surface area contributed by atoms with Crippen molar-refractivity contribution in [1.29, 1.82) is 0 Å². The summed E-state index contributed by atoms with van der Waals surface area (Å²) in [5, 5.41) is 6.84. The minimum absolute atomic E-state index is 0.0503. The number of carbonyl (C=O) groups excluding carboxylic acids is 1. The van der Waals surface area contributed by atoms with Crippen LogP contribution >= 0.6 is 0 Å². The Morgan fingerprint density at radius 2 is 2.03 bits per heavy atom. The van der Waals surface area contributed by atoms with Crippen molar-refractivity contribution in [3.63, 3.8) is 0 Å². The summed E-state index contributed by atoms with van der Waals surface area (Å²) >= 11 is 0. The van der Waals surface area contributed by atoms with E-state index in [2.05, 4.69) is 15.2 Å². The normalized spacial score (nSPS) is 18.7. The molecular formula is C21H21F2N5O3S. The molecule has 2 unspecified atom stereocenters. The maximum absolute atomic E-state index is 13.3. The first-order valence-corrected chi connectivity index (χ1v) is 11.4. The molecule has 8 nitrogen and oxygen atoms in total. The van der Waals surface area contributed by atoms with Crippen molar-refractivity contribution in [3.8, 4) is 11.5 Å². The highest BCUT2D eigenvalue weighted by molar-refractivity contribution is 7.85. The number of halogens is 2. The quantitative estimate of drug-likeness (QED) is 0.576. The zero-order valence-corrected chi connectivity index (χ0v) is 18.0. The molecule has 1 aliphatic heterocycles. The van der Waals surface area contributed by atoms with E-state index in [0.717, 1.165) is 0 Å². The summed E-state index contributed by atoms with van der Waals surface area (Å²) < 4.78 is 42.3. The van der Waals surface area contributed by atoms with Gasteiger partial charge in [-0.15, -0.1) is 10.2 Å².